The van der Waals surface area contributed by atoms with E-state index in [-0.39, 0.29) is 5.91 Å². The Bertz CT molecular complexity index is 682. The van der Waals surface area contributed by atoms with Gasteiger partial charge in [-0.3, -0.25) is 14.5 Å². The lowest BCUT2D eigenvalue weighted by Gasteiger charge is -2.47. The lowest BCUT2D eigenvalue weighted by Crippen LogP contribution is -2.60. The van der Waals surface area contributed by atoms with E-state index < -0.39 is 0 Å². The maximum Gasteiger partial charge on any atom is 0.253 e. The van der Waals surface area contributed by atoms with E-state index in [1.165, 1.54) is 0 Å². The van der Waals surface area contributed by atoms with Crippen LogP contribution in [0.4, 0.5) is 5.69 Å². The molecule has 1 aromatic carbocycles. The summed E-state index contributed by atoms with van der Waals surface area (Å²) in [5.74, 6) is -0.0747. The zero-order valence-electron chi connectivity index (χ0n) is 14.1. The van der Waals surface area contributed by atoms with Gasteiger partial charge in [0, 0.05) is 44.5 Å². The van der Waals surface area contributed by atoms with Crippen LogP contribution in [-0.2, 0) is 11.2 Å². The van der Waals surface area contributed by atoms with Gasteiger partial charge in [-0.05, 0) is 37.0 Å². The topological polar surface area (TPSA) is 64.7 Å². The molecule has 2 N–H and O–H groups in total. The molecule has 2 fully saturated rings. The van der Waals surface area contributed by atoms with E-state index in [9.17, 15) is 9.59 Å². The number of hydrogen-bond donors (Lipinski definition) is 2. The van der Waals surface area contributed by atoms with Crippen LogP contribution >= 0.6 is 11.6 Å². The molecule has 0 radical (unpaired) electrons. The van der Waals surface area contributed by atoms with Crippen LogP contribution in [0.1, 0.15) is 28.8 Å². The summed E-state index contributed by atoms with van der Waals surface area (Å²) in [6, 6.07) is 4.92. The van der Waals surface area contributed by atoms with Gasteiger partial charge in [0.15, 0.2) is 0 Å². The number of rotatable bonds is 4. The number of fused-ring (bicyclic) bond motifs is 1. The number of carbonyl (C=O) groups excluding carboxylic acids is 2. The number of piperidine rings is 1. The van der Waals surface area contributed by atoms with E-state index in [2.05, 4.69) is 21.6 Å². The first-order valence-corrected chi connectivity index (χ1v) is 9.32. The number of likely N-dealkylation sites (tertiary alicyclic amines) is 2. The normalized spacial score (nSPS) is 22.1. The average molecular weight is 363 g/mol. The first-order chi connectivity index (χ1) is 12.1. The fraction of sp³-hybridized carbons (Fsp3) is 0.556. The van der Waals surface area contributed by atoms with E-state index in [0.29, 0.717) is 29.2 Å². The van der Waals surface area contributed by atoms with E-state index in [4.69, 9.17) is 11.6 Å². The smallest absolute Gasteiger partial charge is 0.253 e. The van der Waals surface area contributed by atoms with Gasteiger partial charge < -0.3 is 15.5 Å². The molecule has 25 heavy (non-hydrogen) atoms. The lowest BCUT2D eigenvalue weighted by molar-refractivity contribution is -0.119. The van der Waals surface area contributed by atoms with Crippen LogP contribution < -0.4 is 10.6 Å². The van der Waals surface area contributed by atoms with Crippen molar-refractivity contribution in [2.45, 2.75) is 31.3 Å². The number of halogens is 1. The highest BCUT2D eigenvalue weighted by atomic mass is 35.5. The van der Waals surface area contributed by atoms with E-state index >= 15 is 0 Å². The molecule has 0 saturated carbocycles. The largest absolute Gasteiger partial charge is 0.380 e. The summed E-state index contributed by atoms with van der Waals surface area (Å²) in [5, 5.41) is 6.91. The first-order valence-electron chi connectivity index (χ1n) is 8.94. The van der Waals surface area contributed by atoms with Crippen molar-refractivity contribution in [2.24, 2.45) is 0 Å². The molecule has 3 aliphatic heterocycles. The van der Waals surface area contributed by atoms with E-state index in [1.54, 1.807) is 0 Å². The van der Waals surface area contributed by atoms with Gasteiger partial charge in [0.25, 0.3) is 5.91 Å². The maximum atomic E-state index is 11.9. The lowest BCUT2D eigenvalue weighted by atomic mass is 9.96. The maximum absolute atomic E-state index is 11.9. The minimum Gasteiger partial charge on any atom is -0.380 e. The SMILES string of the molecule is O=CN1CCC(N2CC(Nc3cc(Cl)c4c(c3)CCNC4=O)C2)CC1. The van der Waals surface area contributed by atoms with Gasteiger partial charge in [0.2, 0.25) is 6.41 Å². The molecule has 1 aromatic rings. The molecule has 3 aliphatic rings. The summed E-state index contributed by atoms with van der Waals surface area (Å²) in [5.41, 5.74) is 2.64. The Labute approximate surface area is 152 Å². The number of nitrogens with one attached hydrogen (secondary N) is 2. The van der Waals surface area contributed by atoms with Gasteiger partial charge in [-0.25, -0.2) is 0 Å². The monoisotopic (exact) mass is 362 g/mol. The summed E-state index contributed by atoms with van der Waals surface area (Å²) in [4.78, 5) is 27.1. The van der Waals surface area contributed by atoms with Gasteiger partial charge in [-0.15, -0.1) is 0 Å². The number of anilines is 1. The predicted molar refractivity (Wildman–Crippen MR) is 97.1 cm³/mol. The number of benzene rings is 1. The number of carbonyl (C=O) groups is 2. The molecule has 2 saturated heterocycles. The molecule has 3 heterocycles. The minimum absolute atomic E-state index is 0.0747. The van der Waals surface area contributed by atoms with Crippen molar-refractivity contribution >= 4 is 29.6 Å². The highest BCUT2D eigenvalue weighted by Crippen LogP contribution is 2.29. The second-order valence-electron chi connectivity index (χ2n) is 7.17. The van der Waals surface area contributed by atoms with Crippen molar-refractivity contribution in [3.8, 4) is 0 Å². The van der Waals surface area contributed by atoms with Crippen molar-refractivity contribution in [3.05, 3.63) is 28.3 Å². The summed E-state index contributed by atoms with van der Waals surface area (Å²) < 4.78 is 0. The molecule has 134 valence electrons. The van der Waals surface area contributed by atoms with Crippen molar-refractivity contribution in [3.63, 3.8) is 0 Å². The Hall–Kier alpha value is -1.79. The van der Waals surface area contributed by atoms with Gasteiger partial charge in [-0.1, -0.05) is 11.6 Å². The predicted octanol–water partition coefficient (Wildman–Crippen LogP) is 1.34. The Morgan fingerprint density at radius 2 is 2.00 bits per heavy atom. The summed E-state index contributed by atoms with van der Waals surface area (Å²) >= 11 is 6.32. The van der Waals surface area contributed by atoms with Crippen LogP contribution in [0.15, 0.2) is 12.1 Å². The molecule has 0 spiro atoms. The molecular formula is C18H23ClN4O2. The number of hydrogen-bond acceptors (Lipinski definition) is 4. The Kier molecular flexibility index (Phi) is 4.56. The standard InChI is InChI=1S/C18H23ClN4O2/c19-16-8-13(7-12-1-4-20-18(25)17(12)16)21-14-9-23(10-14)15-2-5-22(11-24)6-3-15/h7-8,11,14-15,21H,1-6,9-10H2,(H,20,25). The highest BCUT2D eigenvalue weighted by Gasteiger charge is 2.34. The average Bonchev–Trinajstić information content (AvgIpc) is 2.58. The van der Waals surface area contributed by atoms with Crippen molar-refractivity contribution < 1.29 is 9.59 Å². The second kappa shape index (κ2) is 6.84. The molecule has 0 aliphatic carbocycles. The van der Waals surface area contributed by atoms with Crippen LogP contribution in [-0.4, -0.2) is 66.9 Å². The Balaban J connectivity index is 1.33. The number of nitrogens with zero attached hydrogens (tertiary/aromatic N) is 2. The Morgan fingerprint density at radius 3 is 2.72 bits per heavy atom. The highest BCUT2D eigenvalue weighted by molar-refractivity contribution is 6.34. The van der Waals surface area contributed by atoms with Gasteiger partial charge in [0.1, 0.15) is 0 Å². The Morgan fingerprint density at radius 1 is 1.24 bits per heavy atom. The third-order valence-corrected chi connectivity index (χ3v) is 5.82. The molecule has 4 rings (SSSR count). The fourth-order valence-electron chi connectivity index (χ4n) is 4.09. The van der Waals surface area contributed by atoms with Gasteiger partial charge in [-0.2, -0.15) is 0 Å². The van der Waals surface area contributed by atoms with Crippen LogP contribution in [0, 0.1) is 0 Å². The van der Waals surface area contributed by atoms with Crippen LogP contribution in [0.25, 0.3) is 0 Å². The third kappa shape index (κ3) is 3.33. The summed E-state index contributed by atoms with van der Waals surface area (Å²) in [6.07, 6.45) is 3.90. The molecule has 0 bridgehead atoms. The molecule has 2 amide bonds. The van der Waals surface area contributed by atoms with Gasteiger partial charge in [0.05, 0.1) is 16.6 Å². The van der Waals surface area contributed by atoms with Crippen molar-refractivity contribution in [1.82, 2.24) is 15.1 Å². The molecule has 0 aromatic heterocycles. The van der Waals surface area contributed by atoms with Gasteiger partial charge >= 0.3 is 0 Å². The minimum atomic E-state index is -0.0747. The van der Waals surface area contributed by atoms with Crippen LogP contribution in [0.2, 0.25) is 5.02 Å². The molecule has 0 unspecified atom stereocenters. The molecule has 7 heteroatoms. The van der Waals surface area contributed by atoms with Crippen LogP contribution in [0.3, 0.4) is 0 Å². The number of amides is 2. The first kappa shape index (κ1) is 16.7. The zero-order valence-corrected chi connectivity index (χ0v) is 14.9. The summed E-state index contributed by atoms with van der Waals surface area (Å²) in [7, 11) is 0. The fourth-order valence-corrected chi connectivity index (χ4v) is 4.42. The van der Waals surface area contributed by atoms with E-state index in [1.807, 2.05) is 11.0 Å². The van der Waals surface area contributed by atoms with Crippen molar-refractivity contribution in [2.75, 3.05) is 38.0 Å². The van der Waals surface area contributed by atoms with Crippen LogP contribution in [0.5, 0.6) is 0 Å². The van der Waals surface area contributed by atoms with Crippen molar-refractivity contribution in [1.29, 1.82) is 0 Å². The quantitative estimate of drug-likeness (QED) is 0.793. The third-order valence-electron chi connectivity index (χ3n) is 5.52. The second-order valence-corrected chi connectivity index (χ2v) is 7.57. The zero-order chi connectivity index (χ0) is 17.4. The molecular weight excluding hydrogens is 340 g/mol. The summed E-state index contributed by atoms with van der Waals surface area (Å²) in [6.45, 7) is 4.43. The van der Waals surface area contributed by atoms with E-state index in [0.717, 1.165) is 63.1 Å². The molecule has 0 atom stereocenters. The molecule has 6 nitrogen and oxygen atoms in total.